The molecule has 0 unspecified atom stereocenters. The van der Waals surface area contributed by atoms with Gasteiger partial charge in [-0.25, -0.2) is 8.78 Å². The van der Waals surface area contributed by atoms with Crippen LogP contribution in [-0.2, 0) is 15.3 Å². The van der Waals surface area contributed by atoms with Crippen molar-refractivity contribution in [2.75, 3.05) is 32.8 Å². The van der Waals surface area contributed by atoms with Crippen molar-refractivity contribution in [1.82, 2.24) is 4.90 Å². The molecule has 0 bridgehead atoms. The number of ether oxygens (including phenoxy) is 2. The summed E-state index contributed by atoms with van der Waals surface area (Å²) in [6.45, 7) is 3.70. The second-order valence-electron chi connectivity index (χ2n) is 8.05. The van der Waals surface area contributed by atoms with Gasteiger partial charge in [-0.05, 0) is 75.3 Å². The first-order valence-corrected chi connectivity index (χ1v) is 10.6. The van der Waals surface area contributed by atoms with E-state index >= 15 is 0 Å². The standard InChI is InChI=1S/C24H27F2NO3/c25-21-6-2-18(3-7-21)23(28)19-10-14-27(15-11-19)13-1-12-24(29-16-17-30-24)20-4-8-22(26)9-5-20/h2-9,19H,1,10-17H2. The van der Waals surface area contributed by atoms with Crippen molar-refractivity contribution < 1.29 is 23.0 Å². The van der Waals surface area contributed by atoms with E-state index in [4.69, 9.17) is 9.47 Å². The maximum absolute atomic E-state index is 13.3. The van der Waals surface area contributed by atoms with Crippen LogP contribution in [0.3, 0.4) is 0 Å². The van der Waals surface area contributed by atoms with Gasteiger partial charge < -0.3 is 14.4 Å². The molecule has 0 radical (unpaired) electrons. The second-order valence-corrected chi connectivity index (χ2v) is 8.05. The van der Waals surface area contributed by atoms with Gasteiger partial charge >= 0.3 is 0 Å². The molecule has 2 aliphatic heterocycles. The minimum absolute atomic E-state index is 0.00114. The van der Waals surface area contributed by atoms with Crippen molar-refractivity contribution in [3.8, 4) is 0 Å². The average molecular weight is 415 g/mol. The van der Waals surface area contributed by atoms with Crippen LogP contribution < -0.4 is 0 Å². The Morgan fingerprint density at radius 3 is 2.10 bits per heavy atom. The van der Waals surface area contributed by atoms with E-state index in [9.17, 15) is 13.6 Å². The third-order valence-electron chi connectivity index (χ3n) is 6.11. The van der Waals surface area contributed by atoms with Crippen LogP contribution >= 0.6 is 0 Å². The molecule has 2 aromatic rings. The number of likely N-dealkylation sites (tertiary alicyclic amines) is 1. The van der Waals surface area contributed by atoms with Gasteiger partial charge in [0.25, 0.3) is 0 Å². The number of carbonyl (C=O) groups is 1. The smallest absolute Gasteiger partial charge is 0.195 e. The minimum atomic E-state index is -0.787. The summed E-state index contributed by atoms with van der Waals surface area (Å²) in [7, 11) is 0. The lowest BCUT2D eigenvalue weighted by Gasteiger charge is -2.33. The predicted molar refractivity (Wildman–Crippen MR) is 109 cm³/mol. The Morgan fingerprint density at radius 1 is 0.933 bits per heavy atom. The Morgan fingerprint density at radius 2 is 1.50 bits per heavy atom. The Kier molecular flexibility index (Phi) is 6.56. The lowest BCUT2D eigenvalue weighted by atomic mass is 9.88. The summed E-state index contributed by atoms with van der Waals surface area (Å²) in [5.74, 6) is -1.28. The van der Waals surface area contributed by atoms with Gasteiger partial charge in [-0.15, -0.1) is 0 Å². The molecule has 2 fully saturated rings. The molecule has 4 nitrogen and oxygen atoms in total. The van der Waals surface area contributed by atoms with Gasteiger partial charge in [-0.3, -0.25) is 4.79 Å². The van der Waals surface area contributed by atoms with Gasteiger partial charge in [0.1, 0.15) is 11.6 Å². The lowest BCUT2D eigenvalue weighted by molar-refractivity contribution is -0.172. The monoisotopic (exact) mass is 415 g/mol. The van der Waals surface area contributed by atoms with E-state index in [0.29, 0.717) is 25.2 Å². The van der Waals surface area contributed by atoms with Gasteiger partial charge in [0.2, 0.25) is 0 Å². The number of hydrogen-bond acceptors (Lipinski definition) is 4. The minimum Gasteiger partial charge on any atom is -0.343 e. The highest BCUT2D eigenvalue weighted by molar-refractivity contribution is 5.97. The van der Waals surface area contributed by atoms with Crippen molar-refractivity contribution in [1.29, 1.82) is 0 Å². The van der Waals surface area contributed by atoms with E-state index < -0.39 is 5.79 Å². The second kappa shape index (κ2) is 9.33. The van der Waals surface area contributed by atoms with Crippen molar-refractivity contribution in [2.45, 2.75) is 31.5 Å². The summed E-state index contributed by atoms with van der Waals surface area (Å²) in [5, 5.41) is 0. The number of carbonyl (C=O) groups excluding carboxylic acids is 1. The largest absolute Gasteiger partial charge is 0.343 e. The molecule has 160 valence electrons. The summed E-state index contributed by atoms with van der Waals surface area (Å²) in [4.78, 5) is 15.0. The van der Waals surface area contributed by atoms with E-state index in [1.165, 1.54) is 24.3 Å². The number of Topliss-reactive ketones (excluding diaryl/α,β-unsaturated/α-hetero) is 1. The third-order valence-corrected chi connectivity index (χ3v) is 6.11. The van der Waals surface area contributed by atoms with E-state index in [2.05, 4.69) is 4.90 Å². The number of nitrogens with zero attached hydrogens (tertiary/aromatic N) is 1. The van der Waals surface area contributed by atoms with Crippen molar-refractivity contribution >= 4 is 5.78 Å². The molecule has 0 atom stereocenters. The summed E-state index contributed by atoms with van der Waals surface area (Å²) < 4.78 is 38.2. The fourth-order valence-electron chi connectivity index (χ4n) is 4.42. The Bertz CT molecular complexity index is 840. The molecule has 0 N–H and O–H groups in total. The summed E-state index contributed by atoms with van der Waals surface area (Å²) >= 11 is 0. The molecule has 0 aliphatic carbocycles. The molecule has 2 heterocycles. The van der Waals surface area contributed by atoms with Gasteiger partial charge in [-0.1, -0.05) is 12.1 Å². The van der Waals surface area contributed by atoms with Crippen LogP contribution in [0, 0.1) is 17.6 Å². The summed E-state index contributed by atoms with van der Waals surface area (Å²) in [6, 6.07) is 12.1. The Balaban J connectivity index is 1.26. The lowest BCUT2D eigenvalue weighted by Crippen LogP contribution is -2.37. The first-order chi connectivity index (χ1) is 14.6. The Labute approximate surface area is 175 Å². The molecule has 2 aliphatic rings. The van der Waals surface area contributed by atoms with Crippen LogP contribution in [0.1, 0.15) is 41.6 Å². The third kappa shape index (κ3) is 4.77. The summed E-state index contributed by atoms with van der Waals surface area (Å²) in [5.41, 5.74) is 1.44. The fraction of sp³-hybridized carbons (Fsp3) is 0.458. The van der Waals surface area contributed by atoms with Gasteiger partial charge in [0.05, 0.1) is 13.2 Å². The predicted octanol–water partition coefficient (Wildman–Crippen LogP) is 4.54. The van der Waals surface area contributed by atoms with Gasteiger partial charge in [-0.2, -0.15) is 0 Å². The number of benzene rings is 2. The number of piperidine rings is 1. The zero-order valence-corrected chi connectivity index (χ0v) is 17.0. The molecule has 2 aromatic carbocycles. The van der Waals surface area contributed by atoms with E-state index in [1.54, 1.807) is 24.3 Å². The van der Waals surface area contributed by atoms with Crippen LogP contribution in [0.4, 0.5) is 8.78 Å². The Hall–Kier alpha value is -2.15. The first kappa shape index (κ1) is 21.1. The molecular formula is C24H27F2NO3. The molecule has 2 saturated heterocycles. The van der Waals surface area contributed by atoms with Crippen LogP contribution in [-0.4, -0.2) is 43.5 Å². The van der Waals surface area contributed by atoms with E-state index in [1.807, 2.05) is 0 Å². The topological polar surface area (TPSA) is 38.8 Å². The number of ketones is 1. The van der Waals surface area contributed by atoms with Crippen LogP contribution in [0.5, 0.6) is 0 Å². The molecule has 30 heavy (non-hydrogen) atoms. The number of rotatable bonds is 7. The zero-order chi connectivity index (χ0) is 21.0. The highest BCUT2D eigenvalue weighted by atomic mass is 19.1. The SMILES string of the molecule is O=C(c1ccc(F)cc1)C1CCN(CCCC2(c3ccc(F)cc3)OCCO2)CC1. The quantitative estimate of drug-likeness (QED) is 0.623. The first-order valence-electron chi connectivity index (χ1n) is 10.6. The van der Waals surface area contributed by atoms with Crippen LogP contribution in [0.2, 0.25) is 0 Å². The maximum atomic E-state index is 13.3. The maximum Gasteiger partial charge on any atom is 0.195 e. The van der Waals surface area contributed by atoms with Crippen molar-refractivity contribution in [2.24, 2.45) is 5.92 Å². The van der Waals surface area contributed by atoms with Gasteiger partial charge in [0.15, 0.2) is 11.6 Å². The molecule has 0 spiro atoms. The summed E-state index contributed by atoms with van der Waals surface area (Å²) in [6.07, 6.45) is 3.21. The van der Waals surface area contributed by atoms with Crippen LogP contribution in [0.15, 0.2) is 48.5 Å². The van der Waals surface area contributed by atoms with E-state index in [-0.39, 0.29) is 23.3 Å². The number of hydrogen-bond donors (Lipinski definition) is 0. The van der Waals surface area contributed by atoms with Crippen molar-refractivity contribution in [3.05, 3.63) is 71.3 Å². The molecule has 0 amide bonds. The average Bonchev–Trinajstić information content (AvgIpc) is 3.25. The molecule has 0 aromatic heterocycles. The number of halogens is 2. The zero-order valence-electron chi connectivity index (χ0n) is 17.0. The van der Waals surface area contributed by atoms with Crippen LogP contribution in [0.25, 0.3) is 0 Å². The fourth-order valence-corrected chi connectivity index (χ4v) is 4.42. The molecule has 0 saturated carbocycles. The van der Waals surface area contributed by atoms with Gasteiger partial charge in [0, 0.05) is 23.5 Å². The molecular weight excluding hydrogens is 388 g/mol. The highest BCUT2D eigenvalue weighted by Gasteiger charge is 2.38. The van der Waals surface area contributed by atoms with Crippen molar-refractivity contribution in [3.63, 3.8) is 0 Å². The highest BCUT2D eigenvalue weighted by Crippen LogP contribution is 2.36. The molecule has 4 rings (SSSR count). The normalized spacial score (nSPS) is 19.8. The van der Waals surface area contributed by atoms with E-state index in [0.717, 1.165) is 44.5 Å². The molecule has 6 heteroatoms.